The normalized spacial score (nSPS) is 12.2. The third-order valence-corrected chi connectivity index (χ3v) is 16.9. The van der Waals surface area contributed by atoms with E-state index in [0.29, 0.717) is 0 Å². The molecule has 1 aromatic heterocycles. The molecule has 17 aromatic rings. The van der Waals surface area contributed by atoms with E-state index in [4.69, 9.17) is 4.42 Å². The first-order valence-electron chi connectivity index (χ1n) is 26.7. The summed E-state index contributed by atoms with van der Waals surface area (Å²) in [4.78, 5) is 0. The lowest BCUT2D eigenvalue weighted by molar-refractivity contribution is 0.669. The van der Waals surface area contributed by atoms with Crippen molar-refractivity contribution in [2.45, 2.75) is 0 Å². The molecule has 0 radical (unpaired) electrons. The summed E-state index contributed by atoms with van der Waals surface area (Å²) in [6, 6.07) is 99.0. The fourth-order valence-corrected chi connectivity index (χ4v) is 13.3. The van der Waals surface area contributed by atoms with Gasteiger partial charge in [0.05, 0.1) is 0 Å². The van der Waals surface area contributed by atoms with E-state index in [1.165, 1.54) is 130 Å². The van der Waals surface area contributed by atoms with Crippen molar-refractivity contribution in [3.05, 3.63) is 267 Å². The lowest BCUT2D eigenvalue weighted by atomic mass is 9.87. The summed E-state index contributed by atoms with van der Waals surface area (Å²) in [5, 5.41) is 27.8. The van der Waals surface area contributed by atoms with Crippen molar-refractivity contribution in [2.75, 3.05) is 0 Å². The fourth-order valence-electron chi connectivity index (χ4n) is 13.3. The summed E-state index contributed by atoms with van der Waals surface area (Å²) >= 11 is 0. The maximum absolute atomic E-state index is 6.71. The van der Waals surface area contributed by atoms with Crippen LogP contribution in [0.1, 0.15) is 0 Å². The summed E-state index contributed by atoms with van der Waals surface area (Å²) in [6.07, 6.45) is 0. The van der Waals surface area contributed by atoms with Crippen molar-refractivity contribution in [1.29, 1.82) is 0 Å². The molecular formula is C76H44O. The van der Waals surface area contributed by atoms with Crippen LogP contribution >= 0.6 is 0 Å². The van der Waals surface area contributed by atoms with E-state index < -0.39 is 0 Å². The number of furan rings is 1. The predicted molar refractivity (Wildman–Crippen MR) is 331 cm³/mol. The Hall–Kier alpha value is -10.1. The summed E-state index contributed by atoms with van der Waals surface area (Å²) in [5.74, 6) is 0. The predicted octanol–water partition coefficient (Wildman–Crippen LogP) is 21.8. The van der Waals surface area contributed by atoms with E-state index in [0.717, 1.165) is 44.2 Å². The van der Waals surface area contributed by atoms with Gasteiger partial charge in [-0.25, -0.2) is 0 Å². The van der Waals surface area contributed by atoms with E-state index >= 15 is 0 Å². The lowest BCUT2D eigenvalue weighted by Gasteiger charge is -2.16. The number of rotatable bonds is 4. The Balaban J connectivity index is 0.700. The molecule has 0 fully saturated rings. The molecule has 0 aliphatic rings. The van der Waals surface area contributed by atoms with Crippen LogP contribution in [-0.2, 0) is 0 Å². The first-order valence-corrected chi connectivity index (χ1v) is 26.7. The molecule has 0 saturated heterocycles. The minimum absolute atomic E-state index is 0.891. The van der Waals surface area contributed by atoms with Crippen molar-refractivity contribution in [1.82, 2.24) is 0 Å². The molecule has 1 heterocycles. The maximum Gasteiger partial charge on any atom is 0.136 e. The number of hydrogen-bond donors (Lipinski definition) is 0. The highest BCUT2D eigenvalue weighted by molar-refractivity contribution is 6.34. The summed E-state index contributed by atoms with van der Waals surface area (Å²) in [7, 11) is 0. The van der Waals surface area contributed by atoms with Crippen molar-refractivity contribution < 1.29 is 4.42 Å². The maximum atomic E-state index is 6.71. The molecule has 0 saturated carbocycles. The monoisotopic (exact) mass is 972 g/mol. The van der Waals surface area contributed by atoms with Crippen molar-refractivity contribution in [2.24, 2.45) is 0 Å². The van der Waals surface area contributed by atoms with Gasteiger partial charge in [-0.05, 0) is 213 Å². The molecule has 1 nitrogen and oxygen atoms in total. The van der Waals surface area contributed by atoms with Gasteiger partial charge in [0.15, 0.2) is 0 Å². The number of fused-ring (bicyclic) bond motifs is 21. The molecule has 0 aliphatic carbocycles. The van der Waals surface area contributed by atoms with Crippen LogP contribution in [0, 0.1) is 0 Å². The highest BCUT2D eigenvalue weighted by Gasteiger charge is 2.18. The standard InChI is InChI=1S/C76H44O/c1-3-17-59-55(13-1)57-15-5-9-21-65(57)75-67-23-11-7-19-61(67)69(43-71(59)75)53-31-29-45-37-47(25-27-49(45)39-53)51-33-35-63-64-36-34-52(42-74(64)77-73(63)41-51)48-26-28-50-40-54(32-30-46(50)38-48)70-44-72-60-18-4-2-14-56(60)58-16-6-10-22-66(58)76(72)68-24-12-8-20-62(68)70/h1-44H. The quantitative estimate of drug-likeness (QED) is 0.160. The van der Waals surface area contributed by atoms with E-state index in [1.807, 2.05) is 0 Å². The van der Waals surface area contributed by atoms with Crippen LogP contribution in [0.25, 0.3) is 174 Å². The molecule has 1 heteroatoms. The molecular weight excluding hydrogens is 929 g/mol. The lowest BCUT2D eigenvalue weighted by Crippen LogP contribution is -1.89. The highest BCUT2D eigenvalue weighted by Crippen LogP contribution is 2.46. The van der Waals surface area contributed by atoms with Crippen molar-refractivity contribution >= 4 is 130 Å². The zero-order chi connectivity index (χ0) is 50.3. The van der Waals surface area contributed by atoms with Gasteiger partial charge < -0.3 is 4.42 Å². The van der Waals surface area contributed by atoms with Crippen LogP contribution in [-0.4, -0.2) is 0 Å². The van der Waals surface area contributed by atoms with Gasteiger partial charge in [-0.3, -0.25) is 0 Å². The molecule has 0 unspecified atom stereocenters. The van der Waals surface area contributed by atoms with E-state index in [2.05, 4.69) is 267 Å². The third kappa shape index (κ3) is 6.35. The second-order valence-electron chi connectivity index (χ2n) is 21.0. The second-order valence-corrected chi connectivity index (χ2v) is 21.0. The Kier molecular flexibility index (Phi) is 8.90. The summed E-state index contributed by atoms with van der Waals surface area (Å²) < 4.78 is 6.71. The zero-order valence-electron chi connectivity index (χ0n) is 41.8. The van der Waals surface area contributed by atoms with Gasteiger partial charge in [-0.15, -0.1) is 0 Å². The van der Waals surface area contributed by atoms with Crippen LogP contribution < -0.4 is 0 Å². The van der Waals surface area contributed by atoms with Gasteiger partial charge in [0.1, 0.15) is 11.2 Å². The van der Waals surface area contributed by atoms with Gasteiger partial charge in [-0.2, -0.15) is 0 Å². The second kappa shape index (κ2) is 16.2. The molecule has 17 rings (SSSR count). The zero-order valence-corrected chi connectivity index (χ0v) is 41.8. The van der Waals surface area contributed by atoms with Crippen LogP contribution in [0.2, 0.25) is 0 Å². The molecule has 0 aliphatic heterocycles. The van der Waals surface area contributed by atoms with Crippen LogP contribution in [0.15, 0.2) is 271 Å². The Morgan fingerprint density at radius 3 is 0.805 bits per heavy atom. The van der Waals surface area contributed by atoms with Gasteiger partial charge in [0.2, 0.25) is 0 Å². The fraction of sp³-hybridized carbons (Fsp3) is 0. The van der Waals surface area contributed by atoms with Crippen LogP contribution in [0.3, 0.4) is 0 Å². The van der Waals surface area contributed by atoms with Crippen LogP contribution in [0.5, 0.6) is 0 Å². The Bertz CT molecular complexity index is 5070. The van der Waals surface area contributed by atoms with Gasteiger partial charge in [0, 0.05) is 10.8 Å². The average molecular weight is 973 g/mol. The van der Waals surface area contributed by atoms with Gasteiger partial charge >= 0.3 is 0 Å². The highest BCUT2D eigenvalue weighted by atomic mass is 16.3. The van der Waals surface area contributed by atoms with Crippen LogP contribution in [0.4, 0.5) is 0 Å². The Morgan fingerprint density at radius 2 is 0.429 bits per heavy atom. The Morgan fingerprint density at radius 1 is 0.169 bits per heavy atom. The number of hydrogen-bond acceptors (Lipinski definition) is 1. The molecule has 0 atom stereocenters. The largest absolute Gasteiger partial charge is 0.456 e. The molecule has 0 bridgehead atoms. The van der Waals surface area contributed by atoms with E-state index in [1.54, 1.807) is 0 Å². The molecule has 16 aromatic carbocycles. The number of benzene rings is 16. The smallest absolute Gasteiger partial charge is 0.136 e. The Labute approximate surface area is 443 Å². The third-order valence-electron chi connectivity index (χ3n) is 16.9. The topological polar surface area (TPSA) is 13.1 Å². The van der Waals surface area contributed by atoms with Crippen molar-refractivity contribution in [3.63, 3.8) is 0 Å². The first-order chi connectivity index (χ1) is 38.1. The minimum Gasteiger partial charge on any atom is -0.456 e. The first kappa shape index (κ1) is 42.3. The van der Waals surface area contributed by atoms with E-state index in [-0.39, 0.29) is 0 Å². The van der Waals surface area contributed by atoms with E-state index in [9.17, 15) is 0 Å². The minimum atomic E-state index is 0.891. The average Bonchev–Trinajstić information content (AvgIpc) is 3.94. The molecule has 77 heavy (non-hydrogen) atoms. The summed E-state index contributed by atoms with van der Waals surface area (Å²) in [5.41, 5.74) is 11.3. The summed E-state index contributed by atoms with van der Waals surface area (Å²) in [6.45, 7) is 0. The molecule has 0 amide bonds. The molecule has 354 valence electrons. The van der Waals surface area contributed by atoms with Gasteiger partial charge in [-0.1, -0.05) is 206 Å². The van der Waals surface area contributed by atoms with Gasteiger partial charge in [0.25, 0.3) is 0 Å². The molecule has 0 N–H and O–H groups in total. The molecule has 0 spiro atoms. The van der Waals surface area contributed by atoms with Crippen molar-refractivity contribution in [3.8, 4) is 44.5 Å². The SMILES string of the molecule is c1ccc2c(c1)c(-c1ccc3cc(-c4ccc5c(c4)oc4cc(-c6ccc7cc(-c8cc9c%10ccccc%10c%10ccccc%10c9c9ccccc89)ccc7c6)ccc45)ccc3c1)cc1c3ccccc3c3ccccc3c21.